The van der Waals surface area contributed by atoms with Crippen molar-refractivity contribution in [2.24, 2.45) is 11.8 Å². The third-order valence-corrected chi connectivity index (χ3v) is 5.02. The lowest BCUT2D eigenvalue weighted by molar-refractivity contribution is -0.131. The molecule has 130 valence electrons. The molecular formula is C17H25BrClFN2O. The van der Waals surface area contributed by atoms with Gasteiger partial charge in [-0.05, 0) is 56.0 Å². The van der Waals surface area contributed by atoms with Crippen LogP contribution in [0.3, 0.4) is 0 Å². The zero-order valence-corrected chi connectivity index (χ0v) is 16.1. The average Bonchev–Trinajstić information content (AvgIpc) is 2.51. The lowest BCUT2D eigenvalue weighted by Gasteiger charge is -2.29. The zero-order valence-electron chi connectivity index (χ0n) is 13.6. The van der Waals surface area contributed by atoms with E-state index in [1.165, 1.54) is 6.07 Å². The summed E-state index contributed by atoms with van der Waals surface area (Å²) >= 11 is 3.34. The van der Waals surface area contributed by atoms with Crippen LogP contribution in [0.4, 0.5) is 4.39 Å². The Morgan fingerprint density at radius 3 is 2.74 bits per heavy atom. The minimum atomic E-state index is -0.269. The second-order valence-electron chi connectivity index (χ2n) is 6.25. The van der Waals surface area contributed by atoms with E-state index >= 15 is 0 Å². The predicted octanol–water partition coefficient (Wildman–Crippen LogP) is 3.99. The lowest BCUT2D eigenvalue weighted by atomic mass is 9.84. The van der Waals surface area contributed by atoms with E-state index in [4.69, 9.17) is 0 Å². The van der Waals surface area contributed by atoms with Crippen LogP contribution in [-0.4, -0.2) is 30.9 Å². The molecule has 0 bridgehead atoms. The van der Waals surface area contributed by atoms with E-state index in [-0.39, 0.29) is 24.1 Å². The molecule has 0 aromatic heterocycles. The summed E-state index contributed by atoms with van der Waals surface area (Å²) in [6.07, 6.45) is 2.81. The van der Waals surface area contributed by atoms with Gasteiger partial charge in [0.15, 0.2) is 0 Å². The normalized spacial score (nSPS) is 16.5. The molecule has 0 spiro atoms. The molecule has 0 radical (unpaired) electrons. The Hall–Kier alpha value is -0.650. The van der Waals surface area contributed by atoms with E-state index in [1.54, 1.807) is 24.1 Å². The van der Waals surface area contributed by atoms with Crippen molar-refractivity contribution < 1.29 is 9.18 Å². The number of nitrogens with zero attached hydrogens (tertiary/aromatic N) is 1. The molecule has 1 aliphatic heterocycles. The van der Waals surface area contributed by atoms with Crippen molar-refractivity contribution in [3.63, 3.8) is 0 Å². The fraction of sp³-hybridized carbons (Fsp3) is 0.588. The van der Waals surface area contributed by atoms with Crippen LogP contribution < -0.4 is 5.32 Å². The zero-order chi connectivity index (χ0) is 16.1. The first-order chi connectivity index (χ1) is 10.5. The number of nitrogens with one attached hydrogen (secondary N) is 1. The van der Waals surface area contributed by atoms with Gasteiger partial charge in [0.25, 0.3) is 0 Å². The molecule has 1 aliphatic rings. The van der Waals surface area contributed by atoms with Crippen LogP contribution in [0.1, 0.15) is 31.7 Å². The first kappa shape index (κ1) is 20.4. The second-order valence-corrected chi connectivity index (χ2v) is 7.17. The number of rotatable bonds is 5. The van der Waals surface area contributed by atoms with E-state index < -0.39 is 0 Å². The summed E-state index contributed by atoms with van der Waals surface area (Å²) in [7, 11) is 1.75. The highest BCUT2D eigenvalue weighted by molar-refractivity contribution is 9.10. The van der Waals surface area contributed by atoms with Crippen LogP contribution in [0.5, 0.6) is 0 Å². The maximum absolute atomic E-state index is 13.8. The number of carbonyl (C=O) groups excluding carboxylic acids is 1. The summed E-state index contributed by atoms with van der Waals surface area (Å²) in [5, 5.41) is 3.35. The molecule has 1 aromatic rings. The minimum Gasteiger partial charge on any atom is -0.341 e. The Morgan fingerprint density at radius 1 is 1.43 bits per heavy atom. The highest BCUT2D eigenvalue weighted by Crippen LogP contribution is 2.25. The van der Waals surface area contributed by atoms with Crippen LogP contribution in [0.15, 0.2) is 22.7 Å². The summed E-state index contributed by atoms with van der Waals surface area (Å²) in [6.45, 7) is 4.55. The molecule has 1 saturated heterocycles. The van der Waals surface area contributed by atoms with Crippen molar-refractivity contribution in [1.82, 2.24) is 10.2 Å². The summed E-state index contributed by atoms with van der Waals surface area (Å²) in [6, 6.07) is 4.82. The lowest BCUT2D eigenvalue weighted by Crippen LogP contribution is -2.34. The maximum atomic E-state index is 13.8. The fourth-order valence-corrected chi connectivity index (χ4v) is 3.43. The SMILES string of the molecule is CC(CC(=O)N(C)Cc1cc(Br)ccc1F)C1CCNCC1.Cl. The van der Waals surface area contributed by atoms with Gasteiger partial charge in [0.2, 0.25) is 5.91 Å². The van der Waals surface area contributed by atoms with Crippen molar-refractivity contribution in [3.05, 3.63) is 34.1 Å². The van der Waals surface area contributed by atoms with Crippen LogP contribution in [-0.2, 0) is 11.3 Å². The van der Waals surface area contributed by atoms with Gasteiger partial charge in [-0.1, -0.05) is 22.9 Å². The van der Waals surface area contributed by atoms with Crippen molar-refractivity contribution in [2.45, 2.75) is 32.7 Å². The number of benzene rings is 1. The van der Waals surface area contributed by atoms with Crippen LogP contribution in [0, 0.1) is 17.7 Å². The molecule has 2 rings (SSSR count). The number of hydrogen-bond donors (Lipinski definition) is 1. The van der Waals surface area contributed by atoms with Crippen LogP contribution in [0.25, 0.3) is 0 Å². The summed E-state index contributed by atoms with van der Waals surface area (Å²) in [5.74, 6) is 0.810. The Labute approximate surface area is 152 Å². The second kappa shape index (κ2) is 9.60. The average molecular weight is 408 g/mol. The van der Waals surface area contributed by atoms with Gasteiger partial charge in [0.1, 0.15) is 5.82 Å². The Morgan fingerprint density at radius 2 is 2.09 bits per heavy atom. The number of halogens is 3. The van der Waals surface area contributed by atoms with E-state index in [1.807, 2.05) is 0 Å². The molecule has 23 heavy (non-hydrogen) atoms. The molecule has 1 N–H and O–H groups in total. The highest BCUT2D eigenvalue weighted by Gasteiger charge is 2.23. The van der Waals surface area contributed by atoms with Gasteiger partial charge in [-0.25, -0.2) is 4.39 Å². The van der Waals surface area contributed by atoms with Crippen molar-refractivity contribution in [2.75, 3.05) is 20.1 Å². The van der Waals surface area contributed by atoms with Gasteiger partial charge in [-0.15, -0.1) is 12.4 Å². The standard InChI is InChI=1S/C17H24BrFN2O.ClH/c1-12(13-5-7-20-8-6-13)9-17(22)21(2)11-14-10-15(18)3-4-16(14)19;/h3-4,10,12-13,20H,5-9,11H2,1-2H3;1H. The van der Waals surface area contributed by atoms with Gasteiger partial charge in [0, 0.05) is 30.0 Å². The van der Waals surface area contributed by atoms with E-state index in [0.717, 1.165) is 30.4 Å². The van der Waals surface area contributed by atoms with Crippen molar-refractivity contribution in [1.29, 1.82) is 0 Å². The minimum absolute atomic E-state index is 0. The van der Waals surface area contributed by atoms with Crippen LogP contribution >= 0.6 is 28.3 Å². The molecule has 1 aromatic carbocycles. The van der Waals surface area contributed by atoms with Gasteiger partial charge in [-0.3, -0.25) is 4.79 Å². The highest BCUT2D eigenvalue weighted by atomic mass is 79.9. The number of carbonyl (C=O) groups is 1. The number of amides is 1. The van der Waals surface area contributed by atoms with Crippen molar-refractivity contribution >= 4 is 34.2 Å². The predicted molar refractivity (Wildman–Crippen MR) is 97.2 cm³/mol. The Kier molecular flexibility index (Phi) is 8.51. The van der Waals surface area contributed by atoms with E-state index in [9.17, 15) is 9.18 Å². The van der Waals surface area contributed by atoms with Gasteiger partial charge in [-0.2, -0.15) is 0 Å². The van der Waals surface area contributed by atoms with E-state index in [0.29, 0.717) is 30.4 Å². The van der Waals surface area contributed by atoms with Crippen molar-refractivity contribution in [3.8, 4) is 0 Å². The largest absolute Gasteiger partial charge is 0.341 e. The summed E-state index contributed by atoms with van der Waals surface area (Å²) in [5.41, 5.74) is 0.541. The molecule has 6 heteroatoms. The first-order valence-electron chi connectivity index (χ1n) is 7.86. The number of hydrogen-bond acceptors (Lipinski definition) is 2. The topological polar surface area (TPSA) is 32.3 Å². The quantitative estimate of drug-likeness (QED) is 0.800. The third-order valence-electron chi connectivity index (χ3n) is 4.53. The Bertz CT molecular complexity index is 523. The molecule has 1 unspecified atom stereocenters. The summed E-state index contributed by atoms with van der Waals surface area (Å²) in [4.78, 5) is 14.0. The van der Waals surface area contributed by atoms with Gasteiger partial charge < -0.3 is 10.2 Å². The first-order valence-corrected chi connectivity index (χ1v) is 8.65. The van der Waals surface area contributed by atoms with Crippen LogP contribution in [0.2, 0.25) is 0 Å². The molecule has 1 atom stereocenters. The van der Waals surface area contributed by atoms with E-state index in [2.05, 4.69) is 28.2 Å². The summed E-state index contributed by atoms with van der Waals surface area (Å²) < 4.78 is 14.6. The molecule has 1 amide bonds. The molecule has 3 nitrogen and oxygen atoms in total. The number of piperidine rings is 1. The third kappa shape index (κ3) is 6.05. The fourth-order valence-electron chi connectivity index (χ4n) is 3.02. The Balaban J connectivity index is 0.00000264. The smallest absolute Gasteiger partial charge is 0.222 e. The maximum Gasteiger partial charge on any atom is 0.222 e. The molecule has 1 fully saturated rings. The molecule has 0 aliphatic carbocycles. The van der Waals surface area contributed by atoms with Gasteiger partial charge >= 0.3 is 0 Å². The molecule has 1 heterocycles. The monoisotopic (exact) mass is 406 g/mol. The molecular weight excluding hydrogens is 383 g/mol. The van der Waals surface area contributed by atoms with Gasteiger partial charge in [0.05, 0.1) is 0 Å². The molecule has 0 saturated carbocycles.